The third-order valence-electron chi connectivity index (χ3n) is 5.76. The summed E-state index contributed by atoms with van der Waals surface area (Å²) >= 11 is 27.5. The molecular formula is C28H22BrCl3N2O5S. The van der Waals surface area contributed by atoms with E-state index in [-0.39, 0.29) is 24.0 Å². The summed E-state index contributed by atoms with van der Waals surface area (Å²) in [6.07, 6.45) is 1.63. The van der Waals surface area contributed by atoms with Crippen LogP contribution in [-0.2, 0) is 20.9 Å². The molecule has 12 heteroatoms. The zero-order valence-electron chi connectivity index (χ0n) is 21.3. The number of halogens is 4. The molecule has 0 spiro atoms. The molecule has 7 nitrogen and oxygen atoms in total. The average Bonchev–Trinajstić information content (AvgIpc) is 3.13. The molecule has 1 heterocycles. The number of benzene rings is 3. The van der Waals surface area contributed by atoms with Crippen molar-refractivity contribution in [1.82, 2.24) is 4.90 Å². The molecule has 3 aromatic rings. The number of hydrogen-bond donors (Lipinski definition) is 0. The van der Waals surface area contributed by atoms with Crippen molar-refractivity contribution in [3.63, 3.8) is 0 Å². The van der Waals surface area contributed by atoms with Crippen LogP contribution in [0.25, 0.3) is 6.08 Å². The first kappa shape index (κ1) is 30.1. The van der Waals surface area contributed by atoms with Crippen molar-refractivity contribution < 1.29 is 23.8 Å². The lowest BCUT2D eigenvalue weighted by atomic mass is 10.1. The molecule has 0 unspecified atom stereocenters. The molecule has 0 N–H and O–H groups in total. The number of methoxy groups -OCH3 is 1. The number of ether oxygens (including phenoxy) is 3. The molecule has 1 amide bonds. The SMILES string of the molecule is CCOc1cc(/C=C2/C(=O)N(c3ccc(Cl)cc3)C(=S)N2CC(=O)OC)cc(Br)c1OCc1ccc(Cl)cc1Cl. The molecule has 3 aromatic carbocycles. The molecule has 0 atom stereocenters. The predicted octanol–water partition coefficient (Wildman–Crippen LogP) is 7.53. The Kier molecular flexibility index (Phi) is 9.97. The molecule has 40 heavy (non-hydrogen) atoms. The monoisotopic (exact) mass is 682 g/mol. The second-order valence-corrected chi connectivity index (χ2v) is 10.9. The van der Waals surface area contributed by atoms with E-state index in [1.165, 1.54) is 16.9 Å². The lowest BCUT2D eigenvalue weighted by Gasteiger charge is -2.19. The number of hydrogen-bond acceptors (Lipinski definition) is 6. The molecular weight excluding hydrogens is 663 g/mol. The van der Waals surface area contributed by atoms with Gasteiger partial charge in [0, 0.05) is 20.6 Å². The van der Waals surface area contributed by atoms with E-state index in [0.717, 1.165) is 5.56 Å². The van der Waals surface area contributed by atoms with Crippen molar-refractivity contribution >= 4 is 91.7 Å². The van der Waals surface area contributed by atoms with Crippen molar-refractivity contribution in [2.24, 2.45) is 0 Å². The van der Waals surface area contributed by atoms with Gasteiger partial charge in [-0.05, 0) is 95.2 Å². The van der Waals surface area contributed by atoms with Gasteiger partial charge in [-0.1, -0.05) is 40.9 Å². The van der Waals surface area contributed by atoms with Crippen LogP contribution in [-0.4, -0.2) is 42.2 Å². The van der Waals surface area contributed by atoms with Gasteiger partial charge in [-0.3, -0.25) is 14.5 Å². The van der Waals surface area contributed by atoms with E-state index in [0.29, 0.717) is 48.9 Å². The summed E-state index contributed by atoms with van der Waals surface area (Å²) in [7, 11) is 1.27. The number of amides is 1. The highest BCUT2D eigenvalue weighted by molar-refractivity contribution is 9.10. The first-order valence-corrected chi connectivity index (χ1v) is 14.2. The Morgan fingerprint density at radius 1 is 1.02 bits per heavy atom. The van der Waals surface area contributed by atoms with Crippen molar-refractivity contribution in [3.8, 4) is 11.5 Å². The summed E-state index contributed by atoms with van der Waals surface area (Å²) in [5.41, 5.74) is 2.04. The van der Waals surface area contributed by atoms with Crippen LogP contribution in [0.15, 0.2) is 64.8 Å². The molecule has 1 aliphatic heterocycles. The topological polar surface area (TPSA) is 68.3 Å². The largest absolute Gasteiger partial charge is 0.490 e. The Morgan fingerprint density at radius 2 is 1.73 bits per heavy atom. The summed E-state index contributed by atoms with van der Waals surface area (Å²) in [6, 6.07) is 15.3. The quantitative estimate of drug-likeness (QED) is 0.131. The van der Waals surface area contributed by atoms with Crippen LogP contribution in [0.4, 0.5) is 5.69 Å². The van der Waals surface area contributed by atoms with Crippen LogP contribution in [0, 0.1) is 0 Å². The van der Waals surface area contributed by atoms with Gasteiger partial charge in [-0.25, -0.2) is 0 Å². The third kappa shape index (κ3) is 6.72. The Labute approximate surface area is 260 Å². The van der Waals surface area contributed by atoms with E-state index in [1.807, 2.05) is 6.92 Å². The van der Waals surface area contributed by atoms with E-state index in [1.54, 1.807) is 60.7 Å². The van der Waals surface area contributed by atoms with Gasteiger partial charge in [0.25, 0.3) is 5.91 Å². The number of carbonyl (C=O) groups excluding carboxylic acids is 2. The van der Waals surface area contributed by atoms with Crippen LogP contribution >= 0.6 is 63.0 Å². The highest BCUT2D eigenvalue weighted by Crippen LogP contribution is 2.39. The molecule has 1 aliphatic rings. The summed E-state index contributed by atoms with van der Waals surface area (Å²) in [5.74, 6) is -0.0729. The molecule has 0 aliphatic carbocycles. The number of esters is 1. The van der Waals surface area contributed by atoms with Crippen molar-refractivity contribution in [2.75, 3.05) is 25.2 Å². The summed E-state index contributed by atoms with van der Waals surface area (Å²) < 4.78 is 17.3. The molecule has 0 radical (unpaired) electrons. The van der Waals surface area contributed by atoms with Gasteiger partial charge in [-0.2, -0.15) is 0 Å². The minimum absolute atomic E-state index is 0.132. The second kappa shape index (κ2) is 13.2. The van der Waals surface area contributed by atoms with E-state index < -0.39 is 11.9 Å². The Morgan fingerprint density at radius 3 is 2.38 bits per heavy atom. The Balaban J connectivity index is 1.71. The first-order chi connectivity index (χ1) is 19.1. The zero-order chi connectivity index (χ0) is 29.0. The van der Waals surface area contributed by atoms with Gasteiger partial charge < -0.3 is 19.1 Å². The maximum atomic E-state index is 13.6. The highest BCUT2D eigenvalue weighted by Gasteiger charge is 2.40. The summed E-state index contributed by atoms with van der Waals surface area (Å²) in [4.78, 5) is 28.6. The first-order valence-electron chi connectivity index (χ1n) is 11.9. The van der Waals surface area contributed by atoms with E-state index in [9.17, 15) is 9.59 Å². The van der Waals surface area contributed by atoms with Crippen LogP contribution in [0.1, 0.15) is 18.1 Å². The van der Waals surface area contributed by atoms with Gasteiger partial charge in [-0.15, -0.1) is 0 Å². The number of rotatable bonds is 9. The zero-order valence-corrected chi connectivity index (χ0v) is 25.9. The van der Waals surface area contributed by atoms with Crippen LogP contribution < -0.4 is 14.4 Å². The highest BCUT2D eigenvalue weighted by atomic mass is 79.9. The molecule has 0 saturated carbocycles. The van der Waals surface area contributed by atoms with E-state index in [2.05, 4.69) is 15.9 Å². The molecule has 4 rings (SSSR count). The Bertz CT molecular complexity index is 1500. The number of carbonyl (C=O) groups is 2. The minimum atomic E-state index is -0.556. The van der Waals surface area contributed by atoms with E-state index >= 15 is 0 Å². The maximum Gasteiger partial charge on any atom is 0.325 e. The fraction of sp³-hybridized carbons (Fsp3) is 0.179. The molecule has 0 aromatic heterocycles. The van der Waals surface area contributed by atoms with Crippen LogP contribution in [0.5, 0.6) is 11.5 Å². The lowest BCUT2D eigenvalue weighted by molar-refractivity contribution is -0.140. The number of anilines is 1. The summed E-state index contributed by atoms with van der Waals surface area (Å²) in [6.45, 7) is 2.14. The molecule has 1 saturated heterocycles. The van der Waals surface area contributed by atoms with Crippen LogP contribution in [0.2, 0.25) is 15.1 Å². The van der Waals surface area contributed by atoms with Crippen molar-refractivity contribution in [1.29, 1.82) is 0 Å². The fourth-order valence-corrected chi connectivity index (χ4v) is 5.38. The van der Waals surface area contributed by atoms with Gasteiger partial charge in [0.1, 0.15) is 18.8 Å². The Hall–Kier alpha value is -2.82. The predicted molar refractivity (Wildman–Crippen MR) is 164 cm³/mol. The smallest absolute Gasteiger partial charge is 0.325 e. The summed E-state index contributed by atoms with van der Waals surface area (Å²) in [5, 5.41) is 1.65. The van der Waals surface area contributed by atoms with Gasteiger partial charge in [0.2, 0.25) is 0 Å². The number of thiocarbonyl (C=S) groups is 1. The van der Waals surface area contributed by atoms with Crippen molar-refractivity contribution in [2.45, 2.75) is 13.5 Å². The fourth-order valence-electron chi connectivity index (χ4n) is 3.87. The lowest BCUT2D eigenvalue weighted by Crippen LogP contribution is -2.35. The standard InChI is InChI=1S/C28H22BrCl3N2O5S/c1-3-38-24-12-16(10-21(29)26(24)39-15-17-4-5-19(31)13-22(17)32)11-23-27(36)34(20-8-6-18(30)7-9-20)28(40)33(23)14-25(35)37-2/h4-13H,3,14-15H2,1-2H3/b23-11-. The number of nitrogens with zero attached hydrogens (tertiary/aromatic N) is 2. The molecule has 1 fully saturated rings. The minimum Gasteiger partial charge on any atom is -0.490 e. The third-order valence-corrected chi connectivity index (χ3v) is 7.59. The molecule has 0 bridgehead atoms. The van der Waals surface area contributed by atoms with E-state index in [4.69, 9.17) is 61.2 Å². The second-order valence-electron chi connectivity index (χ2n) is 8.38. The average molecular weight is 685 g/mol. The van der Waals surface area contributed by atoms with Gasteiger partial charge in [0.05, 0.1) is 23.9 Å². The maximum absolute atomic E-state index is 13.6. The normalized spacial score (nSPS) is 14.2. The van der Waals surface area contributed by atoms with Crippen molar-refractivity contribution in [3.05, 3.63) is 91.0 Å². The molecule has 208 valence electrons. The van der Waals surface area contributed by atoms with Crippen LogP contribution in [0.3, 0.4) is 0 Å². The van der Waals surface area contributed by atoms with Gasteiger partial charge in [0.15, 0.2) is 16.6 Å². The van der Waals surface area contributed by atoms with Gasteiger partial charge >= 0.3 is 5.97 Å².